The monoisotopic (exact) mass is 388 g/mol. The molecule has 0 aliphatic carbocycles. The van der Waals surface area contributed by atoms with Crippen molar-refractivity contribution < 1.29 is 14.3 Å². The normalized spacial score (nSPS) is 10.9. The summed E-state index contributed by atoms with van der Waals surface area (Å²) in [6.07, 6.45) is 0.849. The molecular formula is C19H24N4O3S. The van der Waals surface area contributed by atoms with E-state index in [0.717, 1.165) is 4.31 Å². The number of benzene rings is 1. The Bertz CT molecular complexity index is 776. The molecule has 27 heavy (non-hydrogen) atoms. The Balaban J connectivity index is 1.96. The van der Waals surface area contributed by atoms with Gasteiger partial charge in [-0.3, -0.25) is 4.90 Å². The van der Waals surface area contributed by atoms with Gasteiger partial charge in [-0.05, 0) is 23.6 Å². The zero-order valence-corrected chi connectivity index (χ0v) is 16.7. The number of ether oxygens (including phenoxy) is 1. The van der Waals surface area contributed by atoms with Crippen molar-refractivity contribution in [3.8, 4) is 5.88 Å². The second-order valence-corrected chi connectivity index (χ2v) is 7.55. The van der Waals surface area contributed by atoms with Gasteiger partial charge in [0, 0.05) is 25.3 Å². The minimum Gasteiger partial charge on any atom is -0.391 e. The van der Waals surface area contributed by atoms with Gasteiger partial charge in [-0.1, -0.05) is 51.8 Å². The van der Waals surface area contributed by atoms with E-state index in [1.54, 1.807) is 25.2 Å². The number of carbonyl (C=O) groups is 2. The predicted molar refractivity (Wildman–Crippen MR) is 109 cm³/mol. The minimum atomic E-state index is -0.563. The van der Waals surface area contributed by atoms with Gasteiger partial charge in [-0.2, -0.15) is 0 Å². The number of urea groups is 1. The Morgan fingerprint density at radius 2 is 1.78 bits per heavy atom. The van der Waals surface area contributed by atoms with E-state index >= 15 is 0 Å². The molecule has 1 heterocycles. The molecule has 8 heteroatoms. The molecule has 3 amide bonds. The van der Waals surface area contributed by atoms with E-state index in [0.29, 0.717) is 17.9 Å². The van der Waals surface area contributed by atoms with Crippen LogP contribution in [0.15, 0.2) is 48.7 Å². The molecule has 2 rings (SSSR count). The topological polar surface area (TPSA) is 74.8 Å². The van der Waals surface area contributed by atoms with Crippen LogP contribution in [0.5, 0.6) is 5.88 Å². The average molecular weight is 388 g/mol. The highest BCUT2D eigenvalue weighted by molar-refractivity contribution is 7.82. The molecule has 0 spiro atoms. The Morgan fingerprint density at radius 3 is 2.33 bits per heavy atom. The quantitative estimate of drug-likeness (QED) is 0.773. The van der Waals surface area contributed by atoms with Crippen molar-refractivity contribution in [1.29, 1.82) is 0 Å². The second kappa shape index (κ2) is 8.77. The number of nitrogens with zero attached hydrogens (tertiary/aromatic N) is 3. The number of para-hydroxylation sites is 1. The van der Waals surface area contributed by atoms with E-state index in [2.05, 4.69) is 23.1 Å². The van der Waals surface area contributed by atoms with Gasteiger partial charge in [0.05, 0.1) is 11.9 Å². The molecule has 0 atom stereocenters. The van der Waals surface area contributed by atoms with Crippen molar-refractivity contribution in [3.63, 3.8) is 0 Å². The number of hydrogen-bond donors (Lipinski definition) is 2. The third kappa shape index (κ3) is 6.18. The predicted octanol–water partition coefficient (Wildman–Crippen LogP) is 4.12. The van der Waals surface area contributed by atoms with Crippen LogP contribution in [-0.4, -0.2) is 30.7 Å². The van der Waals surface area contributed by atoms with Crippen LogP contribution in [0.4, 0.5) is 21.0 Å². The lowest BCUT2D eigenvalue weighted by molar-refractivity contribution is 0.207. The molecule has 144 valence electrons. The van der Waals surface area contributed by atoms with Crippen molar-refractivity contribution in [2.75, 3.05) is 22.8 Å². The Labute approximate surface area is 164 Å². The number of aromatic nitrogens is 1. The molecule has 0 aliphatic rings. The SMILES string of the molecule is CN(C(=O)Oc1ccc(N(S)C(=O)NCC(C)(C)C)cn1)c1ccccc1. The van der Waals surface area contributed by atoms with Crippen LogP contribution >= 0.6 is 12.8 Å². The Morgan fingerprint density at radius 1 is 1.11 bits per heavy atom. The number of anilines is 2. The Kier molecular flexibility index (Phi) is 6.68. The van der Waals surface area contributed by atoms with Crippen molar-refractivity contribution in [1.82, 2.24) is 10.3 Å². The first kappa shape index (κ1) is 20.6. The molecule has 0 aliphatic heterocycles. The zero-order valence-electron chi connectivity index (χ0n) is 15.8. The Hall–Kier alpha value is -2.74. The smallest absolute Gasteiger partial charge is 0.391 e. The fraction of sp³-hybridized carbons (Fsp3) is 0.316. The molecule has 0 radical (unpaired) electrons. The van der Waals surface area contributed by atoms with Gasteiger partial charge in [-0.15, -0.1) is 0 Å². The number of amides is 3. The van der Waals surface area contributed by atoms with Gasteiger partial charge in [0.1, 0.15) is 0 Å². The van der Waals surface area contributed by atoms with E-state index in [-0.39, 0.29) is 17.3 Å². The van der Waals surface area contributed by atoms with Crippen LogP contribution in [0, 0.1) is 5.41 Å². The fourth-order valence-electron chi connectivity index (χ4n) is 2.01. The summed E-state index contributed by atoms with van der Waals surface area (Å²) in [4.78, 5) is 29.8. The maximum atomic E-state index is 12.2. The zero-order chi connectivity index (χ0) is 20.0. The highest BCUT2D eigenvalue weighted by Crippen LogP contribution is 2.20. The molecule has 1 aromatic carbocycles. The number of carbonyl (C=O) groups excluding carboxylic acids is 2. The summed E-state index contributed by atoms with van der Waals surface area (Å²) in [5.74, 6) is 0.128. The van der Waals surface area contributed by atoms with Crippen LogP contribution in [0.3, 0.4) is 0 Å². The lowest BCUT2D eigenvalue weighted by Crippen LogP contribution is -2.38. The second-order valence-electron chi connectivity index (χ2n) is 7.15. The summed E-state index contributed by atoms with van der Waals surface area (Å²) in [6.45, 7) is 6.58. The molecule has 0 saturated carbocycles. The average Bonchev–Trinajstić information content (AvgIpc) is 2.65. The molecule has 7 nitrogen and oxygen atoms in total. The molecule has 1 aromatic heterocycles. The highest BCUT2D eigenvalue weighted by Gasteiger charge is 2.18. The first-order chi connectivity index (χ1) is 12.7. The summed E-state index contributed by atoms with van der Waals surface area (Å²) in [5, 5.41) is 2.79. The van der Waals surface area contributed by atoms with Crippen molar-refractivity contribution >= 4 is 36.3 Å². The molecule has 1 N–H and O–H groups in total. The molecule has 0 saturated heterocycles. The number of pyridine rings is 1. The largest absolute Gasteiger partial charge is 0.420 e. The molecule has 2 aromatic rings. The van der Waals surface area contributed by atoms with Crippen molar-refractivity contribution in [2.24, 2.45) is 5.41 Å². The standard InChI is InChI=1S/C19H24N4O3S/c1-19(2,3)13-21-17(24)23(27)15-10-11-16(20-12-15)26-18(25)22(4)14-8-6-5-7-9-14/h5-12,27H,13H2,1-4H3,(H,21,24). The van der Waals surface area contributed by atoms with Crippen LogP contribution < -0.4 is 19.3 Å². The number of nitrogens with one attached hydrogen (secondary N) is 1. The molecule has 0 unspecified atom stereocenters. The van der Waals surface area contributed by atoms with Gasteiger partial charge in [0.25, 0.3) is 0 Å². The van der Waals surface area contributed by atoms with Crippen molar-refractivity contribution in [2.45, 2.75) is 20.8 Å². The van der Waals surface area contributed by atoms with E-state index in [4.69, 9.17) is 4.74 Å². The number of thiol groups is 1. The molecule has 0 fully saturated rings. The summed E-state index contributed by atoms with van der Waals surface area (Å²) in [5.41, 5.74) is 1.13. The highest BCUT2D eigenvalue weighted by atomic mass is 32.1. The van der Waals surface area contributed by atoms with Crippen molar-refractivity contribution in [3.05, 3.63) is 48.7 Å². The third-order valence-corrected chi connectivity index (χ3v) is 3.95. The first-order valence-electron chi connectivity index (χ1n) is 8.41. The van der Waals surface area contributed by atoms with Gasteiger partial charge < -0.3 is 10.1 Å². The van der Waals surface area contributed by atoms with Crippen LogP contribution in [0.1, 0.15) is 20.8 Å². The van der Waals surface area contributed by atoms with E-state index in [1.165, 1.54) is 17.2 Å². The van der Waals surface area contributed by atoms with Crippen LogP contribution in [-0.2, 0) is 0 Å². The summed E-state index contributed by atoms with van der Waals surface area (Å²) >= 11 is 4.19. The van der Waals surface area contributed by atoms with E-state index < -0.39 is 6.09 Å². The number of hydrogen-bond acceptors (Lipinski definition) is 5. The van der Waals surface area contributed by atoms with Crippen LogP contribution in [0.25, 0.3) is 0 Å². The van der Waals surface area contributed by atoms with Crippen LogP contribution in [0.2, 0.25) is 0 Å². The lowest BCUT2D eigenvalue weighted by atomic mass is 9.97. The minimum absolute atomic E-state index is 0.0363. The van der Waals surface area contributed by atoms with Gasteiger partial charge in [-0.25, -0.2) is 18.9 Å². The van der Waals surface area contributed by atoms with E-state index in [9.17, 15) is 9.59 Å². The maximum Gasteiger partial charge on any atom is 0.420 e. The summed E-state index contributed by atoms with van der Waals surface area (Å²) in [6, 6.07) is 11.9. The first-order valence-corrected chi connectivity index (χ1v) is 8.81. The molecule has 0 bridgehead atoms. The van der Waals surface area contributed by atoms with Gasteiger partial charge in [0.15, 0.2) is 0 Å². The number of rotatable bonds is 4. The maximum absolute atomic E-state index is 12.2. The molecular weight excluding hydrogens is 364 g/mol. The van der Waals surface area contributed by atoms with Gasteiger partial charge in [0.2, 0.25) is 5.88 Å². The van der Waals surface area contributed by atoms with E-state index in [1.807, 2.05) is 39.0 Å². The fourth-order valence-corrected chi connectivity index (χ4v) is 2.20. The van der Waals surface area contributed by atoms with Gasteiger partial charge >= 0.3 is 12.1 Å². The summed E-state index contributed by atoms with van der Waals surface area (Å²) < 4.78 is 6.40. The summed E-state index contributed by atoms with van der Waals surface area (Å²) in [7, 11) is 1.61. The third-order valence-electron chi connectivity index (χ3n) is 3.54. The lowest BCUT2D eigenvalue weighted by Gasteiger charge is -2.22.